The molecule has 2 nitrogen and oxygen atoms in total. The maximum absolute atomic E-state index is 5.28. The molecule has 108 valence electrons. The van der Waals surface area contributed by atoms with E-state index >= 15 is 0 Å². The van der Waals surface area contributed by atoms with Crippen LogP contribution in [0.5, 0.6) is 5.75 Å². The fraction of sp³-hybridized carbons (Fsp3) is 0.263. The van der Waals surface area contributed by atoms with Gasteiger partial charge in [-0.05, 0) is 41.3 Å². The number of rotatable bonds is 4. The first kappa shape index (κ1) is 13.7. The second kappa shape index (κ2) is 5.65. The predicted octanol–water partition coefficient (Wildman–Crippen LogP) is 4.82. The normalized spacial score (nSPS) is 11.2. The quantitative estimate of drug-likeness (QED) is 0.667. The molecule has 0 bridgehead atoms. The van der Waals surface area contributed by atoms with Crippen molar-refractivity contribution in [2.75, 3.05) is 7.11 Å². The van der Waals surface area contributed by atoms with Crippen molar-refractivity contribution < 1.29 is 4.74 Å². The van der Waals surface area contributed by atoms with E-state index in [-0.39, 0.29) is 0 Å². The van der Waals surface area contributed by atoms with Crippen molar-refractivity contribution in [3.05, 3.63) is 65.9 Å². The van der Waals surface area contributed by atoms with Crippen molar-refractivity contribution >= 4 is 10.9 Å². The van der Waals surface area contributed by atoms with E-state index in [2.05, 4.69) is 67.1 Å². The summed E-state index contributed by atoms with van der Waals surface area (Å²) in [5, 5.41) is 1.22. The van der Waals surface area contributed by atoms with Crippen LogP contribution in [0.2, 0.25) is 0 Å². The minimum absolute atomic E-state index is 0.582. The molecule has 0 radical (unpaired) electrons. The minimum atomic E-state index is 0.582. The molecule has 2 aromatic carbocycles. The lowest BCUT2D eigenvalue weighted by molar-refractivity contribution is 0.415. The number of hydrogen-bond donors (Lipinski definition) is 0. The predicted molar refractivity (Wildman–Crippen MR) is 88.1 cm³/mol. The Hall–Kier alpha value is -2.22. The van der Waals surface area contributed by atoms with Gasteiger partial charge in [-0.2, -0.15) is 0 Å². The molecule has 0 aliphatic rings. The molecule has 1 aromatic heterocycles. The Kier molecular flexibility index (Phi) is 3.70. The van der Waals surface area contributed by atoms with E-state index in [4.69, 9.17) is 4.74 Å². The molecule has 0 unspecified atom stereocenters. The van der Waals surface area contributed by atoms with E-state index in [1.165, 1.54) is 22.0 Å². The Morgan fingerprint density at radius 3 is 2.43 bits per heavy atom. The average Bonchev–Trinajstić information content (AvgIpc) is 2.90. The molecule has 1 heterocycles. The first-order valence-electron chi connectivity index (χ1n) is 7.39. The molecule has 0 amide bonds. The van der Waals surface area contributed by atoms with Gasteiger partial charge in [0, 0.05) is 23.6 Å². The van der Waals surface area contributed by atoms with E-state index in [1.807, 2.05) is 6.07 Å². The molecule has 0 atom stereocenters. The highest BCUT2D eigenvalue weighted by molar-refractivity contribution is 5.81. The van der Waals surface area contributed by atoms with Crippen LogP contribution in [0.15, 0.2) is 54.7 Å². The van der Waals surface area contributed by atoms with Crippen LogP contribution in [0.1, 0.15) is 30.9 Å². The topological polar surface area (TPSA) is 14.2 Å². The minimum Gasteiger partial charge on any atom is -0.497 e. The van der Waals surface area contributed by atoms with Crippen LogP contribution in [0.4, 0.5) is 0 Å². The summed E-state index contributed by atoms with van der Waals surface area (Å²) in [6.45, 7) is 5.35. The Bertz CT molecular complexity index is 738. The summed E-state index contributed by atoms with van der Waals surface area (Å²) >= 11 is 0. The van der Waals surface area contributed by atoms with Crippen molar-refractivity contribution in [2.45, 2.75) is 26.3 Å². The zero-order chi connectivity index (χ0) is 14.8. The maximum atomic E-state index is 5.28. The summed E-state index contributed by atoms with van der Waals surface area (Å²) in [4.78, 5) is 0. The van der Waals surface area contributed by atoms with Crippen LogP contribution in [0.3, 0.4) is 0 Å². The lowest BCUT2D eigenvalue weighted by atomic mass is 10.0. The fourth-order valence-corrected chi connectivity index (χ4v) is 2.65. The zero-order valence-electron chi connectivity index (χ0n) is 12.8. The summed E-state index contributed by atoms with van der Waals surface area (Å²) in [6, 6.07) is 17.3. The van der Waals surface area contributed by atoms with Crippen LogP contribution in [-0.2, 0) is 6.54 Å². The zero-order valence-corrected chi connectivity index (χ0v) is 12.8. The lowest BCUT2D eigenvalue weighted by Gasteiger charge is -2.09. The Labute approximate surface area is 126 Å². The van der Waals surface area contributed by atoms with Gasteiger partial charge in [0.15, 0.2) is 0 Å². The second-order valence-corrected chi connectivity index (χ2v) is 5.76. The molecule has 3 rings (SSSR count). The highest BCUT2D eigenvalue weighted by Gasteiger charge is 2.04. The van der Waals surface area contributed by atoms with Gasteiger partial charge in [0.1, 0.15) is 5.75 Å². The van der Waals surface area contributed by atoms with Gasteiger partial charge in [-0.25, -0.2) is 0 Å². The molecule has 0 saturated heterocycles. The van der Waals surface area contributed by atoms with Gasteiger partial charge in [-0.3, -0.25) is 0 Å². The van der Waals surface area contributed by atoms with Gasteiger partial charge in [-0.1, -0.05) is 38.1 Å². The van der Waals surface area contributed by atoms with E-state index in [0.717, 1.165) is 12.3 Å². The van der Waals surface area contributed by atoms with Crippen molar-refractivity contribution in [3.63, 3.8) is 0 Å². The summed E-state index contributed by atoms with van der Waals surface area (Å²) in [7, 11) is 1.70. The van der Waals surface area contributed by atoms with Crippen LogP contribution >= 0.6 is 0 Å². The highest BCUT2D eigenvalue weighted by Crippen LogP contribution is 2.23. The van der Waals surface area contributed by atoms with E-state index in [1.54, 1.807) is 7.11 Å². The fourth-order valence-electron chi connectivity index (χ4n) is 2.65. The van der Waals surface area contributed by atoms with Crippen LogP contribution in [0.25, 0.3) is 10.9 Å². The van der Waals surface area contributed by atoms with E-state index in [0.29, 0.717) is 5.92 Å². The number of hydrogen-bond acceptors (Lipinski definition) is 1. The van der Waals surface area contributed by atoms with Crippen molar-refractivity contribution in [1.29, 1.82) is 0 Å². The summed E-state index contributed by atoms with van der Waals surface area (Å²) in [6.07, 6.45) is 2.14. The van der Waals surface area contributed by atoms with E-state index < -0.39 is 0 Å². The molecule has 0 N–H and O–H groups in total. The smallest absolute Gasteiger partial charge is 0.119 e. The monoisotopic (exact) mass is 279 g/mol. The third kappa shape index (κ3) is 2.80. The van der Waals surface area contributed by atoms with Gasteiger partial charge in [0.2, 0.25) is 0 Å². The second-order valence-electron chi connectivity index (χ2n) is 5.76. The molecule has 21 heavy (non-hydrogen) atoms. The molecular formula is C19H21NO. The van der Waals surface area contributed by atoms with Gasteiger partial charge in [-0.15, -0.1) is 0 Å². The van der Waals surface area contributed by atoms with Crippen molar-refractivity contribution in [1.82, 2.24) is 4.57 Å². The average molecular weight is 279 g/mol. The van der Waals surface area contributed by atoms with Crippen molar-refractivity contribution in [3.8, 4) is 5.75 Å². The Morgan fingerprint density at radius 2 is 1.76 bits per heavy atom. The first-order chi connectivity index (χ1) is 10.2. The van der Waals surface area contributed by atoms with Crippen LogP contribution in [0, 0.1) is 0 Å². The number of fused-ring (bicyclic) bond motifs is 1. The number of nitrogens with zero attached hydrogens (tertiary/aromatic N) is 1. The van der Waals surface area contributed by atoms with E-state index in [9.17, 15) is 0 Å². The number of methoxy groups -OCH3 is 1. The standard InChI is InChI=1S/C19H21NO/c1-14(2)16-6-4-15(5-7-16)13-20-11-10-17-12-18(21-3)8-9-19(17)20/h4-12,14H,13H2,1-3H3. The first-order valence-corrected chi connectivity index (χ1v) is 7.39. The maximum Gasteiger partial charge on any atom is 0.119 e. The number of benzene rings is 2. The summed E-state index contributed by atoms with van der Waals surface area (Å²) in [5.74, 6) is 1.49. The molecule has 0 aliphatic carbocycles. The van der Waals surface area contributed by atoms with Crippen LogP contribution in [-0.4, -0.2) is 11.7 Å². The molecule has 0 fully saturated rings. The third-order valence-corrected chi connectivity index (χ3v) is 3.98. The van der Waals surface area contributed by atoms with Gasteiger partial charge in [0.25, 0.3) is 0 Å². The SMILES string of the molecule is COc1ccc2c(ccn2Cc2ccc(C(C)C)cc2)c1. The molecule has 0 saturated carbocycles. The number of aromatic nitrogens is 1. The lowest BCUT2D eigenvalue weighted by Crippen LogP contribution is -1.98. The molecule has 0 spiro atoms. The molecule has 3 aromatic rings. The summed E-state index contributed by atoms with van der Waals surface area (Å²) < 4.78 is 7.55. The third-order valence-electron chi connectivity index (χ3n) is 3.98. The van der Waals surface area contributed by atoms with Gasteiger partial charge in [0.05, 0.1) is 7.11 Å². The highest BCUT2D eigenvalue weighted by atomic mass is 16.5. The number of ether oxygens (including phenoxy) is 1. The van der Waals surface area contributed by atoms with Gasteiger partial charge >= 0.3 is 0 Å². The van der Waals surface area contributed by atoms with Gasteiger partial charge < -0.3 is 9.30 Å². The summed E-state index contributed by atoms with van der Waals surface area (Å²) in [5.41, 5.74) is 3.96. The largest absolute Gasteiger partial charge is 0.497 e. The Balaban J connectivity index is 1.87. The molecular weight excluding hydrogens is 258 g/mol. The molecule has 2 heteroatoms. The van der Waals surface area contributed by atoms with Crippen molar-refractivity contribution in [2.24, 2.45) is 0 Å². The molecule has 0 aliphatic heterocycles. The Morgan fingerprint density at radius 1 is 1.00 bits per heavy atom. The van der Waals surface area contributed by atoms with Crippen LogP contribution < -0.4 is 4.74 Å².